The van der Waals surface area contributed by atoms with Crippen LogP contribution in [0.15, 0.2) is 33.6 Å². The number of halogens is 1. The van der Waals surface area contributed by atoms with Crippen LogP contribution >= 0.6 is 11.6 Å². The number of carbonyl (C=O) groups excluding carboxylic acids is 2. The lowest BCUT2D eigenvalue weighted by Crippen LogP contribution is -2.41. The molecule has 2 aromatic rings. The molecule has 2 N–H and O–H groups in total. The number of nitrogens with zero attached hydrogens (tertiary/aromatic N) is 1. The van der Waals surface area contributed by atoms with E-state index in [1.165, 1.54) is 22.5 Å². The van der Waals surface area contributed by atoms with Crippen molar-refractivity contribution in [2.75, 3.05) is 13.1 Å². The SMILES string of the molecule is CCN(CC)S(=O)(=O)c1cc(C(=O)NNC(=O)c2cc(C)oc2C)ccc1Cl. The molecule has 2 rings (SSSR count). The van der Waals surface area contributed by atoms with E-state index in [1.54, 1.807) is 33.8 Å². The summed E-state index contributed by atoms with van der Waals surface area (Å²) in [4.78, 5) is 24.4. The fraction of sp³-hybridized carbons (Fsp3) is 0.333. The Balaban J connectivity index is 2.21. The van der Waals surface area contributed by atoms with Gasteiger partial charge in [-0.05, 0) is 38.1 Å². The maximum atomic E-state index is 12.7. The molecule has 0 unspecified atom stereocenters. The van der Waals surface area contributed by atoms with E-state index < -0.39 is 21.8 Å². The van der Waals surface area contributed by atoms with E-state index in [0.29, 0.717) is 17.1 Å². The van der Waals surface area contributed by atoms with Gasteiger partial charge in [-0.15, -0.1) is 0 Å². The summed E-state index contributed by atoms with van der Waals surface area (Å²) in [6, 6.07) is 5.44. The molecule has 1 aromatic heterocycles. The summed E-state index contributed by atoms with van der Waals surface area (Å²) >= 11 is 6.05. The second-order valence-corrected chi connectivity index (χ2v) is 8.28. The van der Waals surface area contributed by atoms with Crippen LogP contribution < -0.4 is 10.9 Å². The third kappa shape index (κ3) is 4.54. The standard InChI is InChI=1S/C18H22ClN3O5S/c1-5-22(6-2)28(25,26)16-10-13(7-8-15(16)19)17(23)20-21-18(24)14-9-11(3)27-12(14)4/h7-10H,5-6H2,1-4H3,(H,20,23)(H,21,24). The molecule has 0 saturated heterocycles. The van der Waals surface area contributed by atoms with Gasteiger partial charge in [0.2, 0.25) is 10.0 Å². The van der Waals surface area contributed by atoms with Crippen LogP contribution in [0.1, 0.15) is 46.1 Å². The Hall–Kier alpha value is -2.36. The third-order valence-electron chi connectivity index (χ3n) is 4.09. The summed E-state index contributed by atoms with van der Waals surface area (Å²) in [7, 11) is -3.84. The number of carbonyl (C=O) groups is 2. The van der Waals surface area contributed by atoms with Crippen molar-refractivity contribution in [3.63, 3.8) is 0 Å². The number of furan rings is 1. The Labute approximate surface area is 168 Å². The first-order valence-electron chi connectivity index (χ1n) is 8.59. The molecule has 2 amide bonds. The number of nitrogens with one attached hydrogen (secondary N) is 2. The summed E-state index contributed by atoms with van der Waals surface area (Å²) in [5.74, 6) is -0.243. The quantitative estimate of drug-likeness (QED) is 0.689. The van der Waals surface area contributed by atoms with E-state index in [1.807, 2.05) is 0 Å². The molecule has 1 aromatic carbocycles. The molecule has 0 aliphatic rings. The zero-order valence-electron chi connectivity index (χ0n) is 16.0. The van der Waals surface area contributed by atoms with Crippen molar-refractivity contribution in [2.24, 2.45) is 0 Å². The highest BCUT2D eigenvalue weighted by molar-refractivity contribution is 7.89. The van der Waals surface area contributed by atoms with E-state index in [-0.39, 0.29) is 28.6 Å². The summed E-state index contributed by atoms with van der Waals surface area (Å²) in [5, 5.41) is 0.0111. The Kier molecular flexibility index (Phi) is 6.87. The van der Waals surface area contributed by atoms with Gasteiger partial charge >= 0.3 is 0 Å². The maximum absolute atomic E-state index is 12.7. The molecule has 1 heterocycles. The summed E-state index contributed by atoms with van der Waals surface area (Å²) in [6.07, 6.45) is 0. The Bertz CT molecular complexity index is 997. The highest BCUT2D eigenvalue weighted by Gasteiger charge is 2.25. The smallest absolute Gasteiger partial charge is 0.273 e. The molecule has 152 valence electrons. The topological polar surface area (TPSA) is 109 Å². The van der Waals surface area contributed by atoms with Gasteiger partial charge in [-0.1, -0.05) is 25.4 Å². The second kappa shape index (κ2) is 8.76. The molecule has 0 aliphatic heterocycles. The minimum atomic E-state index is -3.84. The molecule has 0 fully saturated rings. The van der Waals surface area contributed by atoms with Crippen LogP contribution in [-0.2, 0) is 10.0 Å². The Morgan fingerprint density at radius 3 is 2.21 bits per heavy atom. The number of hydrogen-bond acceptors (Lipinski definition) is 5. The van der Waals surface area contributed by atoms with Gasteiger partial charge in [-0.2, -0.15) is 4.31 Å². The van der Waals surface area contributed by atoms with Gasteiger partial charge in [0.25, 0.3) is 11.8 Å². The molecule has 0 spiro atoms. The molecule has 0 saturated carbocycles. The number of benzene rings is 1. The van der Waals surface area contributed by atoms with Crippen LogP contribution in [0.4, 0.5) is 0 Å². The first-order chi connectivity index (χ1) is 13.1. The van der Waals surface area contributed by atoms with Crippen LogP contribution in [-0.4, -0.2) is 37.6 Å². The molecule has 10 heteroatoms. The van der Waals surface area contributed by atoms with Crippen molar-refractivity contribution in [3.05, 3.63) is 51.9 Å². The maximum Gasteiger partial charge on any atom is 0.273 e. The van der Waals surface area contributed by atoms with Crippen molar-refractivity contribution >= 4 is 33.4 Å². The van der Waals surface area contributed by atoms with Crippen molar-refractivity contribution in [1.82, 2.24) is 15.2 Å². The fourth-order valence-corrected chi connectivity index (χ4v) is 4.61. The molecule has 28 heavy (non-hydrogen) atoms. The molecule has 0 bridgehead atoms. The van der Waals surface area contributed by atoms with E-state index in [9.17, 15) is 18.0 Å². The molecular formula is C18H22ClN3O5S. The monoisotopic (exact) mass is 427 g/mol. The van der Waals surface area contributed by atoms with E-state index in [4.69, 9.17) is 16.0 Å². The summed E-state index contributed by atoms with van der Waals surface area (Å²) in [6.45, 7) is 7.29. The minimum absolute atomic E-state index is 0.0111. The summed E-state index contributed by atoms with van der Waals surface area (Å²) in [5.41, 5.74) is 4.86. The lowest BCUT2D eigenvalue weighted by atomic mass is 10.2. The van der Waals surface area contributed by atoms with Crippen molar-refractivity contribution in [1.29, 1.82) is 0 Å². The van der Waals surface area contributed by atoms with Crippen LogP contribution in [0.2, 0.25) is 5.02 Å². The number of amides is 2. The normalized spacial score (nSPS) is 11.5. The lowest BCUT2D eigenvalue weighted by molar-refractivity contribution is 0.0845. The predicted molar refractivity (Wildman–Crippen MR) is 105 cm³/mol. The zero-order valence-corrected chi connectivity index (χ0v) is 17.6. The summed E-state index contributed by atoms with van der Waals surface area (Å²) < 4.78 is 31.9. The molecule has 0 radical (unpaired) electrons. The molecule has 0 aliphatic carbocycles. The van der Waals surface area contributed by atoms with Crippen molar-refractivity contribution < 1.29 is 22.4 Å². The molecular weight excluding hydrogens is 406 g/mol. The number of aryl methyl sites for hydroxylation is 2. The van der Waals surface area contributed by atoms with Crippen LogP contribution in [0.3, 0.4) is 0 Å². The van der Waals surface area contributed by atoms with Gasteiger partial charge in [0.05, 0.1) is 10.6 Å². The number of sulfonamides is 1. The largest absolute Gasteiger partial charge is 0.466 e. The molecule has 0 atom stereocenters. The molecule has 8 nitrogen and oxygen atoms in total. The highest BCUT2D eigenvalue weighted by Crippen LogP contribution is 2.25. The first kappa shape index (κ1) is 21.9. The van der Waals surface area contributed by atoms with Gasteiger partial charge in [0, 0.05) is 18.7 Å². The average molecular weight is 428 g/mol. The van der Waals surface area contributed by atoms with Crippen molar-refractivity contribution in [2.45, 2.75) is 32.6 Å². The van der Waals surface area contributed by atoms with Crippen molar-refractivity contribution in [3.8, 4) is 0 Å². The highest BCUT2D eigenvalue weighted by atomic mass is 35.5. The van der Waals surface area contributed by atoms with Gasteiger partial charge in [0.1, 0.15) is 16.4 Å². The number of rotatable bonds is 6. The van der Waals surface area contributed by atoms with Gasteiger partial charge in [-0.25, -0.2) is 8.42 Å². The van der Waals surface area contributed by atoms with Crippen LogP contribution in [0.5, 0.6) is 0 Å². The average Bonchev–Trinajstić information content (AvgIpc) is 2.98. The number of hydrazine groups is 1. The zero-order chi connectivity index (χ0) is 21.1. The van der Waals surface area contributed by atoms with Crippen LogP contribution in [0.25, 0.3) is 0 Å². The van der Waals surface area contributed by atoms with E-state index >= 15 is 0 Å². The second-order valence-electron chi connectivity index (χ2n) is 5.97. The fourth-order valence-electron chi connectivity index (χ4n) is 2.65. The van der Waals surface area contributed by atoms with Crippen LogP contribution in [0, 0.1) is 13.8 Å². The lowest BCUT2D eigenvalue weighted by Gasteiger charge is -2.19. The Morgan fingerprint density at radius 1 is 1.07 bits per heavy atom. The third-order valence-corrected chi connectivity index (χ3v) is 6.62. The number of hydrogen-bond donors (Lipinski definition) is 2. The van der Waals surface area contributed by atoms with Gasteiger partial charge in [-0.3, -0.25) is 20.4 Å². The van der Waals surface area contributed by atoms with E-state index in [0.717, 1.165) is 0 Å². The minimum Gasteiger partial charge on any atom is -0.466 e. The Morgan fingerprint density at radius 2 is 1.68 bits per heavy atom. The predicted octanol–water partition coefficient (Wildman–Crippen LogP) is 2.66. The van der Waals surface area contributed by atoms with E-state index in [2.05, 4.69) is 10.9 Å². The first-order valence-corrected chi connectivity index (χ1v) is 10.4. The van der Waals surface area contributed by atoms with Gasteiger partial charge in [0.15, 0.2) is 0 Å². The van der Waals surface area contributed by atoms with Gasteiger partial charge < -0.3 is 4.42 Å².